The Kier molecular flexibility index (Phi) is 5.43. The van der Waals surface area contributed by atoms with Gasteiger partial charge in [0.2, 0.25) is 0 Å². The average Bonchev–Trinajstić information content (AvgIpc) is 2.50. The zero-order valence-electron chi connectivity index (χ0n) is 14.6. The highest BCUT2D eigenvalue weighted by molar-refractivity contribution is 5.95. The van der Waals surface area contributed by atoms with Crippen molar-refractivity contribution in [1.82, 2.24) is 0 Å². The van der Waals surface area contributed by atoms with Gasteiger partial charge in [0.15, 0.2) is 6.10 Å². The van der Waals surface area contributed by atoms with Crippen LogP contribution in [-0.2, 0) is 4.79 Å². The van der Waals surface area contributed by atoms with E-state index in [0.717, 1.165) is 28.1 Å². The van der Waals surface area contributed by atoms with Crippen molar-refractivity contribution in [3.05, 3.63) is 58.7 Å². The van der Waals surface area contributed by atoms with Gasteiger partial charge in [-0.3, -0.25) is 4.79 Å². The molecule has 122 valence electrons. The summed E-state index contributed by atoms with van der Waals surface area (Å²) in [5.41, 5.74) is 5.24. The van der Waals surface area contributed by atoms with Crippen molar-refractivity contribution in [2.45, 2.75) is 47.1 Å². The molecule has 0 saturated carbocycles. The summed E-state index contributed by atoms with van der Waals surface area (Å²) >= 11 is 0. The first-order valence-corrected chi connectivity index (χ1v) is 8.02. The number of rotatable bonds is 5. The number of benzene rings is 2. The molecule has 0 saturated heterocycles. The standard InChI is InChI=1S/C20H25NO2/c1-6-18(23-19-10-8-13(2)11-16(19)5)20(22)21-17-12-14(3)7-9-15(17)4/h7-12,18H,6H2,1-5H3,(H,21,22)/t18-/m0/s1. The summed E-state index contributed by atoms with van der Waals surface area (Å²) in [7, 11) is 0. The predicted octanol–water partition coefficient (Wildman–Crippen LogP) is 4.72. The number of nitrogens with one attached hydrogen (secondary N) is 1. The molecule has 0 radical (unpaired) electrons. The largest absolute Gasteiger partial charge is 0.480 e. The maximum atomic E-state index is 12.6. The van der Waals surface area contributed by atoms with E-state index in [1.165, 1.54) is 5.56 Å². The highest BCUT2D eigenvalue weighted by Gasteiger charge is 2.20. The van der Waals surface area contributed by atoms with E-state index in [1.807, 2.05) is 65.0 Å². The second-order valence-electron chi connectivity index (χ2n) is 6.09. The van der Waals surface area contributed by atoms with Gasteiger partial charge in [-0.25, -0.2) is 0 Å². The SMILES string of the molecule is CC[C@H](Oc1ccc(C)cc1C)C(=O)Nc1cc(C)ccc1C. The van der Waals surface area contributed by atoms with Crippen LogP contribution in [-0.4, -0.2) is 12.0 Å². The summed E-state index contributed by atoms with van der Waals surface area (Å²) in [6.07, 6.45) is 0.112. The number of aryl methyl sites for hydroxylation is 4. The maximum Gasteiger partial charge on any atom is 0.265 e. The van der Waals surface area contributed by atoms with Gasteiger partial charge in [-0.2, -0.15) is 0 Å². The number of hydrogen-bond donors (Lipinski definition) is 1. The summed E-state index contributed by atoms with van der Waals surface area (Å²) < 4.78 is 5.94. The molecule has 0 heterocycles. The molecular formula is C20H25NO2. The Bertz CT molecular complexity index is 707. The van der Waals surface area contributed by atoms with Crippen molar-refractivity contribution in [2.75, 3.05) is 5.32 Å². The van der Waals surface area contributed by atoms with Crippen LogP contribution in [0.5, 0.6) is 5.75 Å². The van der Waals surface area contributed by atoms with Crippen LogP contribution in [0.4, 0.5) is 5.69 Å². The monoisotopic (exact) mass is 311 g/mol. The Morgan fingerprint density at radius 1 is 1.00 bits per heavy atom. The zero-order valence-corrected chi connectivity index (χ0v) is 14.6. The Hall–Kier alpha value is -2.29. The number of hydrogen-bond acceptors (Lipinski definition) is 2. The van der Waals surface area contributed by atoms with Gasteiger partial charge < -0.3 is 10.1 Å². The van der Waals surface area contributed by atoms with Crippen molar-refractivity contribution in [3.63, 3.8) is 0 Å². The van der Waals surface area contributed by atoms with E-state index in [9.17, 15) is 4.79 Å². The summed E-state index contributed by atoms with van der Waals surface area (Å²) in [6.45, 7) is 10.00. The highest BCUT2D eigenvalue weighted by atomic mass is 16.5. The second-order valence-corrected chi connectivity index (χ2v) is 6.09. The van der Waals surface area contributed by atoms with Crippen LogP contribution in [0.25, 0.3) is 0 Å². The van der Waals surface area contributed by atoms with Crippen LogP contribution in [0, 0.1) is 27.7 Å². The van der Waals surface area contributed by atoms with Crippen molar-refractivity contribution in [3.8, 4) is 5.75 Å². The summed E-state index contributed by atoms with van der Waals surface area (Å²) in [5, 5.41) is 2.99. The van der Waals surface area contributed by atoms with Crippen LogP contribution < -0.4 is 10.1 Å². The molecule has 0 bridgehead atoms. The molecule has 1 N–H and O–H groups in total. The molecule has 0 unspecified atom stereocenters. The molecule has 0 aliphatic rings. The van der Waals surface area contributed by atoms with E-state index in [2.05, 4.69) is 11.4 Å². The van der Waals surface area contributed by atoms with Gasteiger partial charge in [0.25, 0.3) is 5.91 Å². The van der Waals surface area contributed by atoms with E-state index in [4.69, 9.17) is 4.74 Å². The molecule has 3 heteroatoms. The first-order valence-electron chi connectivity index (χ1n) is 8.02. The van der Waals surface area contributed by atoms with Gasteiger partial charge in [0.05, 0.1) is 0 Å². The smallest absolute Gasteiger partial charge is 0.265 e. The molecule has 0 spiro atoms. The number of amides is 1. The van der Waals surface area contributed by atoms with E-state index >= 15 is 0 Å². The van der Waals surface area contributed by atoms with E-state index in [-0.39, 0.29) is 5.91 Å². The first-order chi connectivity index (χ1) is 10.9. The number of ether oxygens (including phenoxy) is 1. The van der Waals surface area contributed by atoms with Crippen LogP contribution in [0.2, 0.25) is 0 Å². The number of anilines is 1. The Morgan fingerprint density at radius 3 is 2.30 bits per heavy atom. The molecule has 2 aromatic carbocycles. The summed E-state index contributed by atoms with van der Waals surface area (Å²) in [4.78, 5) is 12.6. The zero-order chi connectivity index (χ0) is 17.0. The molecule has 1 amide bonds. The second kappa shape index (κ2) is 7.32. The van der Waals surface area contributed by atoms with Gasteiger partial charge >= 0.3 is 0 Å². The third kappa shape index (κ3) is 4.35. The lowest BCUT2D eigenvalue weighted by molar-refractivity contribution is -0.122. The lowest BCUT2D eigenvalue weighted by atomic mass is 10.1. The van der Waals surface area contributed by atoms with E-state index < -0.39 is 6.10 Å². The van der Waals surface area contributed by atoms with Crippen molar-refractivity contribution in [2.24, 2.45) is 0 Å². The molecule has 1 atom stereocenters. The van der Waals surface area contributed by atoms with Gasteiger partial charge in [0, 0.05) is 5.69 Å². The van der Waals surface area contributed by atoms with Crippen LogP contribution in [0.1, 0.15) is 35.6 Å². The van der Waals surface area contributed by atoms with Gasteiger partial charge in [-0.05, 0) is 62.9 Å². The molecule has 23 heavy (non-hydrogen) atoms. The number of carbonyl (C=O) groups is 1. The van der Waals surface area contributed by atoms with Crippen LogP contribution in [0.3, 0.4) is 0 Å². The fraction of sp³-hybridized carbons (Fsp3) is 0.350. The lowest BCUT2D eigenvalue weighted by Crippen LogP contribution is -2.32. The third-order valence-electron chi connectivity index (χ3n) is 3.91. The Morgan fingerprint density at radius 2 is 1.65 bits per heavy atom. The molecule has 3 nitrogen and oxygen atoms in total. The fourth-order valence-electron chi connectivity index (χ4n) is 2.49. The van der Waals surface area contributed by atoms with Gasteiger partial charge in [0.1, 0.15) is 5.75 Å². The Labute approximate surface area is 138 Å². The predicted molar refractivity (Wildman–Crippen MR) is 95.2 cm³/mol. The van der Waals surface area contributed by atoms with Crippen LogP contribution >= 0.6 is 0 Å². The minimum atomic E-state index is -0.503. The van der Waals surface area contributed by atoms with E-state index in [1.54, 1.807) is 0 Å². The fourth-order valence-corrected chi connectivity index (χ4v) is 2.49. The molecule has 0 aliphatic heterocycles. The van der Waals surface area contributed by atoms with E-state index in [0.29, 0.717) is 6.42 Å². The van der Waals surface area contributed by atoms with Gasteiger partial charge in [-0.15, -0.1) is 0 Å². The summed E-state index contributed by atoms with van der Waals surface area (Å²) in [5.74, 6) is 0.653. The minimum Gasteiger partial charge on any atom is -0.480 e. The normalized spacial score (nSPS) is 11.9. The van der Waals surface area contributed by atoms with Crippen LogP contribution in [0.15, 0.2) is 36.4 Å². The number of carbonyl (C=O) groups excluding carboxylic acids is 1. The first kappa shape index (κ1) is 17.1. The quantitative estimate of drug-likeness (QED) is 0.868. The third-order valence-corrected chi connectivity index (χ3v) is 3.91. The molecule has 0 aromatic heterocycles. The molecular weight excluding hydrogens is 286 g/mol. The summed E-state index contributed by atoms with van der Waals surface area (Å²) in [6, 6.07) is 12.0. The molecule has 0 aliphatic carbocycles. The topological polar surface area (TPSA) is 38.3 Å². The van der Waals surface area contributed by atoms with Crippen molar-refractivity contribution < 1.29 is 9.53 Å². The maximum absolute atomic E-state index is 12.6. The highest BCUT2D eigenvalue weighted by Crippen LogP contribution is 2.22. The molecule has 0 fully saturated rings. The lowest BCUT2D eigenvalue weighted by Gasteiger charge is -2.19. The van der Waals surface area contributed by atoms with Gasteiger partial charge in [-0.1, -0.05) is 36.8 Å². The van der Waals surface area contributed by atoms with Crippen molar-refractivity contribution in [1.29, 1.82) is 0 Å². The Balaban J connectivity index is 2.13. The average molecular weight is 311 g/mol. The minimum absolute atomic E-state index is 0.110. The van der Waals surface area contributed by atoms with Crippen molar-refractivity contribution >= 4 is 11.6 Å². The molecule has 2 rings (SSSR count). The molecule has 2 aromatic rings.